The van der Waals surface area contributed by atoms with Gasteiger partial charge in [-0.15, -0.1) is 0 Å². The summed E-state index contributed by atoms with van der Waals surface area (Å²) >= 11 is 0. The number of rotatable bonds is 1. The first-order valence-corrected chi connectivity index (χ1v) is 6.24. The molecule has 0 spiro atoms. The Kier molecular flexibility index (Phi) is 2.29. The van der Waals surface area contributed by atoms with Gasteiger partial charge in [0, 0.05) is 18.3 Å². The van der Waals surface area contributed by atoms with E-state index in [1.807, 2.05) is 12.1 Å². The molecule has 1 aliphatic rings. The summed E-state index contributed by atoms with van der Waals surface area (Å²) in [6.45, 7) is 1.09. The molecule has 3 aromatic rings. The van der Waals surface area contributed by atoms with Crippen molar-refractivity contribution in [1.82, 2.24) is 15.0 Å². The predicted molar refractivity (Wildman–Crippen MR) is 72.0 cm³/mol. The van der Waals surface area contributed by atoms with Crippen molar-refractivity contribution in [3.05, 3.63) is 30.6 Å². The van der Waals surface area contributed by atoms with Crippen LogP contribution in [-0.2, 0) is 0 Å². The number of nitrogens with one attached hydrogen (secondary N) is 1. The number of H-pyrrole nitrogens is 1. The van der Waals surface area contributed by atoms with Crippen LogP contribution in [-0.4, -0.2) is 33.3 Å². The van der Waals surface area contributed by atoms with Crippen LogP contribution < -0.4 is 9.47 Å². The maximum absolute atomic E-state index is 9.83. The van der Waals surface area contributed by atoms with E-state index in [-0.39, 0.29) is 5.75 Å². The smallest absolute Gasteiger partial charge is 0.163 e. The number of benzene rings is 1. The lowest BCUT2D eigenvalue weighted by atomic mass is 10.2. The van der Waals surface area contributed by atoms with Gasteiger partial charge >= 0.3 is 0 Å². The van der Waals surface area contributed by atoms with Crippen LogP contribution in [0.4, 0.5) is 0 Å². The first kappa shape index (κ1) is 11.1. The number of imidazole rings is 1. The van der Waals surface area contributed by atoms with Gasteiger partial charge in [0.05, 0.1) is 22.8 Å². The van der Waals surface area contributed by atoms with E-state index in [1.54, 1.807) is 12.3 Å². The number of aromatic nitrogens is 3. The van der Waals surface area contributed by atoms with Crippen molar-refractivity contribution in [2.75, 3.05) is 13.2 Å². The molecule has 2 aromatic heterocycles. The van der Waals surface area contributed by atoms with Crippen molar-refractivity contribution in [2.45, 2.75) is 0 Å². The number of fused-ring (bicyclic) bond motifs is 2. The van der Waals surface area contributed by atoms with Crippen molar-refractivity contribution in [1.29, 1.82) is 0 Å². The molecule has 4 rings (SSSR count). The molecule has 20 heavy (non-hydrogen) atoms. The second kappa shape index (κ2) is 4.12. The fraction of sp³-hybridized carbons (Fsp3) is 0.143. The van der Waals surface area contributed by atoms with E-state index < -0.39 is 0 Å². The molecule has 0 amide bonds. The highest BCUT2D eigenvalue weighted by atomic mass is 16.6. The summed E-state index contributed by atoms with van der Waals surface area (Å²) in [7, 11) is 0. The van der Waals surface area contributed by atoms with Crippen LogP contribution >= 0.6 is 0 Å². The van der Waals surface area contributed by atoms with Gasteiger partial charge in [0.1, 0.15) is 24.8 Å². The number of ether oxygens (including phenoxy) is 2. The van der Waals surface area contributed by atoms with Crippen molar-refractivity contribution < 1.29 is 14.6 Å². The summed E-state index contributed by atoms with van der Waals surface area (Å²) in [4.78, 5) is 11.5. The summed E-state index contributed by atoms with van der Waals surface area (Å²) in [5, 5.41) is 9.83. The van der Waals surface area contributed by atoms with Crippen LogP contribution in [0, 0.1) is 0 Å². The molecule has 0 atom stereocenters. The molecule has 0 saturated heterocycles. The third kappa shape index (κ3) is 1.65. The van der Waals surface area contributed by atoms with Crippen LogP contribution in [0.5, 0.6) is 17.2 Å². The minimum absolute atomic E-state index is 0.0869. The zero-order chi connectivity index (χ0) is 13.5. The molecule has 0 radical (unpaired) electrons. The maximum atomic E-state index is 9.83. The fourth-order valence-electron chi connectivity index (χ4n) is 2.26. The zero-order valence-electron chi connectivity index (χ0n) is 10.5. The van der Waals surface area contributed by atoms with Crippen LogP contribution in [0.15, 0.2) is 30.6 Å². The summed E-state index contributed by atoms with van der Waals surface area (Å²) in [6, 6.07) is 5.40. The third-order valence-corrected chi connectivity index (χ3v) is 3.20. The second-order valence-electron chi connectivity index (χ2n) is 4.49. The van der Waals surface area contributed by atoms with Crippen LogP contribution in [0.1, 0.15) is 0 Å². The Labute approximate surface area is 114 Å². The molecule has 100 valence electrons. The van der Waals surface area contributed by atoms with Crippen molar-refractivity contribution in [3.8, 4) is 28.6 Å². The quantitative estimate of drug-likeness (QED) is 0.707. The van der Waals surface area contributed by atoms with Gasteiger partial charge in [-0.3, -0.25) is 4.98 Å². The van der Waals surface area contributed by atoms with Gasteiger partial charge in [-0.25, -0.2) is 4.98 Å². The summed E-state index contributed by atoms with van der Waals surface area (Å²) in [6.07, 6.45) is 3.00. The Balaban J connectivity index is 1.89. The van der Waals surface area contributed by atoms with Gasteiger partial charge in [-0.05, 0) is 6.07 Å². The minimum Gasteiger partial charge on any atom is -0.506 e. The van der Waals surface area contributed by atoms with Crippen molar-refractivity contribution >= 4 is 11.0 Å². The number of pyridine rings is 1. The highest BCUT2D eigenvalue weighted by Gasteiger charge is 2.16. The van der Waals surface area contributed by atoms with E-state index in [0.29, 0.717) is 36.1 Å². The second-order valence-corrected chi connectivity index (χ2v) is 4.49. The number of hydrogen-bond acceptors (Lipinski definition) is 5. The largest absolute Gasteiger partial charge is 0.506 e. The van der Waals surface area contributed by atoms with Gasteiger partial charge in [0.15, 0.2) is 11.5 Å². The topological polar surface area (TPSA) is 80.3 Å². The van der Waals surface area contributed by atoms with Gasteiger partial charge in [-0.2, -0.15) is 0 Å². The predicted octanol–water partition coefficient (Wildman–Crippen LogP) is 2.10. The molecule has 0 fully saturated rings. The van der Waals surface area contributed by atoms with E-state index in [9.17, 15) is 5.11 Å². The Morgan fingerprint density at radius 1 is 1.15 bits per heavy atom. The van der Waals surface area contributed by atoms with E-state index in [0.717, 1.165) is 11.0 Å². The standard InChI is InChI=1S/C14H11N3O3/c18-11-7-15-2-1-8(11)14-16-9-5-12-13(6-10(9)17-14)20-4-3-19-12/h1-2,5-7,18H,3-4H2,(H,16,17). The molecule has 0 saturated carbocycles. The molecule has 0 aliphatic carbocycles. The summed E-state index contributed by atoms with van der Waals surface area (Å²) in [5.74, 6) is 2.07. The molecule has 0 bridgehead atoms. The molecule has 0 unspecified atom stereocenters. The van der Waals surface area contributed by atoms with E-state index >= 15 is 0 Å². The summed E-state index contributed by atoms with van der Waals surface area (Å²) in [5.41, 5.74) is 2.21. The Bertz CT molecular complexity index is 754. The van der Waals surface area contributed by atoms with Gasteiger partial charge in [0.25, 0.3) is 0 Å². The lowest BCUT2D eigenvalue weighted by Gasteiger charge is -2.17. The molecule has 6 heteroatoms. The molecule has 2 N–H and O–H groups in total. The van der Waals surface area contributed by atoms with Gasteiger partial charge in [0.2, 0.25) is 0 Å². The molecular formula is C14H11N3O3. The van der Waals surface area contributed by atoms with Crippen LogP contribution in [0.25, 0.3) is 22.4 Å². The van der Waals surface area contributed by atoms with Crippen LogP contribution in [0.3, 0.4) is 0 Å². The molecule has 6 nitrogen and oxygen atoms in total. The van der Waals surface area contributed by atoms with E-state index in [2.05, 4.69) is 15.0 Å². The number of aromatic amines is 1. The third-order valence-electron chi connectivity index (χ3n) is 3.20. The SMILES string of the molecule is Oc1cnccc1-c1nc2cc3c(cc2[nH]1)OCCO3. The number of hydrogen-bond donors (Lipinski definition) is 2. The Morgan fingerprint density at radius 2 is 1.95 bits per heavy atom. The van der Waals surface area contributed by atoms with Crippen molar-refractivity contribution in [2.24, 2.45) is 0 Å². The summed E-state index contributed by atoms with van der Waals surface area (Å²) < 4.78 is 11.1. The zero-order valence-corrected chi connectivity index (χ0v) is 10.5. The normalized spacial score (nSPS) is 13.6. The molecule has 1 aromatic carbocycles. The van der Waals surface area contributed by atoms with Gasteiger partial charge < -0.3 is 19.6 Å². The monoisotopic (exact) mass is 269 g/mol. The number of nitrogens with zero attached hydrogens (tertiary/aromatic N) is 2. The number of aromatic hydroxyl groups is 1. The Morgan fingerprint density at radius 3 is 2.75 bits per heavy atom. The lowest BCUT2D eigenvalue weighted by molar-refractivity contribution is 0.172. The highest BCUT2D eigenvalue weighted by Crippen LogP contribution is 2.35. The Hall–Kier alpha value is -2.76. The minimum atomic E-state index is 0.0869. The fourth-order valence-corrected chi connectivity index (χ4v) is 2.26. The molecule has 1 aliphatic heterocycles. The average Bonchev–Trinajstić information content (AvgIpc) is 2.87. The van der Waals surface area contributed by atoms with Crippen molar-refractivity contribution in [3.63, 3.8) is 0 Å². The molecular weight excluding hydrogens is 258 g/mol. The lowest BCUT2D eigenvalue weighted by Crippen LogP contribution is -2.15. The van der Waals surface area contributed by atoms with Crippen LogP contribution in [0.2, 0.25) is 0 Å². The molecule has 3 heterocycles. The van der Waals surface area contributed by atoms with E-state index in [1.165, 1.54) is 6.20 Å². The maximum Gasteiger partial charge on any atom is 0.163 e. The van der Waals surface area contributed by atoms with Gasteiger partial charge in [-0.1, -0.05) is 0 Å². The average molecular weight is 269 g/mol. The first-order valence-electron chi connectivity index (χ1n) is 6.24. The highest BCUT2D eigenvalue weighted by molar-refractivity contribution is 5.83. The van der Waals surface area contributed by atoms with E-state index in [4.69, 9.17) is 9.47 Å². The first-order chi connectivity index (χ1) is 9.81.